The van der Waals surface area contributed by atoms with Crippen molar-refractivity contribution in [1.29, 1.82) is 0 Å². The number of amides is 2. The molecule has 92 valence electrons. The monoisotopic (exact) mass is 230 g/mol. The van der Waals surface area contributed by atoms with Crippen LogP contribution in [-0.2, 0) is 4.79 Å². The van der Waals surface area contributed by atoms with Crippen molar-refractivity contribution in [2.75, 3.05) is 19.7 Å². The largest absolute Gasteiger partial charge is 0.480 e. The molecule has 0 spiro atoms. The Labute approximate surface area is 94.6 Å². The third-order valence-corrected chi connectivity index (χ3v) is 2.01. The van der Waals surface area contributed by atoms with Gasteiger partial charge in [-0.3, -0.25) is 0 Å². The molecule has 0 saturated carbocycles. The van der Waals surface area contributed by atoms with Crippen molar-refractivity contribution in [3.05, 3.63) is 12.7 Å². The van der Waals surface area contributed by atoms with E-state index in [1.165, 1.54) is 11.0 Å². The van der Waals surface area contributed by atoms with Gasteiger partial charge in [-0.1, -0.05) is 13.0 Å². The summed E-state index contributed by atoms with van der Waals surface area (Å²) in [5, 5.41) is 19.9. The molecule has 0 aromatic rings. The molecule has 1 atom stereocenters. The van der Waals surface area contributed by atoms with E-state index in [0.29, 0.717) is 6.42 Å². The summed E-state index contributed by atoms with van der Waals surface area (Å²) >= 11 is 0. The second-order valence-corrected chi connectivity index (χ2v) is 3.21. The lowest BCUT2D eigenvalue weighted by Crippen LogP contribution is -2.48. The Kier molecular flexibility index (Phi) is 6.95. The minimum absolute atomic E-state index is 0.147. The minimum atomic E-state index is -1.07. The molecule has 0 rings (SSSR count). The molecular weight excluding hydrogens is 212 g/mol. The van der Waals surface area contributed by atoms with E-state index < -0.39 is 18.0 Å². The molecule has 16 heavy (non-hydrogen) atoms. The fourth-order valence-electron chi connectivity index (χ4n) is 1.13. The molecule has 3 N–H and O–H groups in total. The fourth-order valence-corrected chi connectivity index (χ4v) is 1.13. The first-order chi connectivity index (χ1) is 7.56. The standard InChI is InChI=1S/C10H18N2O4/c1-3-5-12(6-7-13)10(16)11-8(4-2)9(14)15/h3,8,13H,1,4-7H2,2H3,(H,11,16)(H,14,15). The average Bonchev–Trinajstić information content (AvgIpc) is 2.24. The van der Waals surface area contributed by atoms with Gasteiger partial charge in [0.2, 0.25) is 0 Å². The number of nitrogens with zero attached hydrogens (tertiary/aromatic N) is 1. The van der Waals surface area contributed by atoms with E-state index in [9.17, 15) is 9.59 Å². The van der Waals surface area contributed by atoms with Gasteiger partial charge in [-0.15, -0.1) is 6.58 Å². The van der Waals surface area contributed by atoms with Gasteiger partial charge in [0.1, 0.15) is 6.04 Å². The van der Waals surface area contributed by atoms with Gasteiger partial charge in [0, 0.05) is 13.1 Å². The predicted octanol–water partition coefficient (Wildman–Crippen LogP) is 0.0395. The van der Waals surface area contributed by atoms with Gasteiger partial charge in [0.15, 0.2) is 0 Å². The topological polar surface area (TPSA) is 89.9 Å². The van der Waals surface area contributed by atoms with E-state index in [1.54, 1.807) is 6.92 Å². The summed E-state index contributed by atoms with van der Waals surface area (Å²) in [6, 6.07) is -1.42. The first kappa shape index (κ1) is 14.4. The molecule has 6 heteroatoms. The molecule has 0 aliphatic carbocycles. The second kappa shape index (κ2) is 7.70. The van der Waals surface area contributed by atoms with E-state index >= 15 is 0 Å². The van der Waals surface area contributed by atoms with Gasteiger partial charge in [-0.2, -0.15) is 0 Å². The SMILES string of the molecule is C=CCN(CCO)C(=O)NC(CC)C(=O)O. The van der Waals surface area contributed by atoms with Gasteiger partial charge >= 0.3 is 12.0 Å². The number of nitrogens with one attached hydrogen (secondary N) is 1. The summed E-state index contributed by atoms with van der Waals surface area (Å²) in [4.78, 5) is 23.6. The van der Waals surface area contributed by atoms with Crippen LogP contribution in [-0.4, -0.2) is 52.9 Å². The Morgan fingerprint density at radius 1 is 1.56 bits per heavy atom. The number of aliphatic hydroxyl groups excluding tert-OH is 1. The molecule has 0 saturated heterocycles. The maximum Gasteiger partial charge on any atom is 0.326 e. The van der Waals surface area contributed by atoms with Crippen molar-refractivity contribution < 1.29 is 19.8 Å². The highest BCUT2D eigenvalue weighted by Crippen LogP contribution is 1.95. The quantitative estimate of drug-likeness (QED) is 0.539. The third-order valence-electron chi connectivity index (χ3n) is 2.01. The molecule has 0 heterocycles. The van der Waals surface area contributed by atoms with Crippen molar-refractivity contribution in [2.24, 2.45) is 0 Å². The van der Waals surface area contributed by atoms with Gasteiger partial charge < -0.3 is 20.4 Å². The molecule has 6 nitrogen and oxygen atoms in total. The third kappa shape index (κ3) is 4.79. The number of aliphatic hydroxyl groups is 1. The van der Waals surface area contributed by atoms with Crippen LogP contribution in [0.5, 0.6) is 0 Å². The molecular formula is C10H18N2O4. The van der Waals surface area contributed by atoms with Gasteiger partial charge in [0.25, 0.3) is 0 Å². The van der Waals surface area contributed by atoms with Gasteiger partial charge in [-0.05, 0) is 6.42 Å². The van der Waals surface area contributed by atoms with Gasteiger partial charge in [0.05, 0.1) is 6.61 Å². The molecule has 0 bridgehead atoms. The summed E-state index contributed by atoms with van der Waals surface area (Å²) in [6.07, 6.45) is 1.82. The molecule has 0 aromatic heterocycles. The molecule has 0 aliphatic heterocycles. The number of carboxylic acid groups (broad SMARTS) is 1. The highest BCUT2D eigenvalue weighted by Gasteiger charge is 2.20. The Morgan fingerprint density at radius 3 is 2.56 bits per heavy atom. The van der Waals surface area contributed by atoms with Crippen LogP contribution in [0.4, 0.5) is 4.79 Å². The highest BCUT2D eigenvalue weighted by atomic mass is 16.4. The van der Waals surface area contributed by atoms with Crippen LogP contribution in [0.25, 0.3) is 0 Å². The van der Waals surface area contributed by atoms with Crippen LogP contribution >= 0.6 is 0 Å². The molecule has 0 fully saturated rings. The number of rotatable bonds is 7. The van der Waals surface area contributed by atoms with Crippen molar-refractivity contribution in [3.63, 3.8) is 0 Å². The van der Waals surface area contributed by atoms with Crippen molar-refractivity contribution in [3.8, 4) is 0 Å². The number of carbonyl (C=O) groups is 2. The van der Waals surface area contributed by atoms with Crippen molar-refractivity contribution in [1.82, 2.24) is 10.2 Å². The number of urea groups is 1. The zero-order valence-electron chi connectivity index (χ0n) is 9.35. The molecule has 0 radical (unpaired) electrons. The number of hydrogen-bond donors (Lipinski definition) is 3. The second-order valence-electron chi connectivity index (χ2n) is 3.21. The van der Waals surface area contributed by atoms with Crippen molar-refractivity contribution >= 4 is 12.0 Å². The van der Waals surface area contributed by atoms with Crippen LogP contribution in [0.3, 0.4) is 0 Å². The fraction of sp³-hybridized carbons (Fsp3) is 0.600. The molecule has 2 amide bonds. The van der Waals surface area contributed by atoms with E-state index in [4.69, 9.17) is 10.2 Å². The predicted molar refractivity (Wildman–Crippen MR) is 59.1 cm³/mol. The number of carbonyl (C=O) groups excluding carboxylic acids is 1. The molecule has 0 aliphatic rings. The summed E-state index contributed by atoms with van der Waals surface area (Å²) in [5.41, 5.74) is 0. The van der Waals surface area contributed by atoms with Crippen LogP contribution in [0.15, 0.2) is 12.7 Å². The Balaban J connectivity index is 4.37. The van der Waals surface area contributed by atoms with E-state index in [1.807, 2.05) is 0 Å². The smallest absolute Gasteiger partial charge is 0.326 e. The maximum atomic E-state index is 11.6. The summed E-state index contributed by atoms with van der Waals surface area (Å²) < 4.78 is 0. The molecule has 1 unspecified atom stereocenters. The number of carboxylic acids is 1. The Bertz CT molecular complexity index is 255. The first-order valence-electron chi connectivity index (χ1n) is 5.06. The molecule has 0 aromatic carbocycles. The lowest BCUT2D eigenvalue weighted by atomic mass is 10.2. The van der Waals surface area contributed by atoms with E-state index in [2.05, 4.69) is 11.9 Å². The highest BCUT2D eigenvalue weighted by molar-refractivity contribution is 5.82. The Hall–Kier alpha value is -1.56. The van der Waals surface area contributed by atoms with Gasteiger partial charge in [-0.25, -0.2) is 9.59 Å². The zero-order chi connectivity index (χ0) is 12.6. The van der Waals surface area contributed by atoms with E-state index in [0.717, 1.165) is 0 Å². The van der Waals surface area contributed by atoms with Crippen LogP contribution in [0.1, 0.15) is 13.3 Å². The Morgan fingerprint density at radius 2 is 2.19 bits per heavy atom. The lowest BCUT2D eigenvalue weighted by molar-refractivity contribution is -0.139. The van der Waals surface area contributed by atoms with Crippen LogP contribution in [0.2, 0.25) is 0 Å². The normalized spacial score (nSPS) is 11.6. The number of aliphatic carboxylic acids is 1. The first-order valence-corrected chi connectivity index (χ1v) is 5.06. The summed E-state index contributed by atoms with van der Waals surface area (Å²) in [6.45, 7) is 5.39. The minimum Gasteiger partial charge on any atom is -0.480 e. The van der Waals surface area contributed by atoms with Crippen LogP contribution < -0.4 is 5.32 Å². The van der Waals surface area contributed by atoms with Crippen LogP contribution in [0, 0.1) is 0 Å². The summed E-state index contributed by atoms with van der Waals surface area (Å²) in [7, 11) is 0. The average molecular weight is 230 g/mol. The lowest BCUT2D eigenvalue weighted by Gasteiger charge is -2.22. The maximum absolute atomic E-state index is 11.6. The number of hydrogen-bond acceptors (Lipinski definition) is 3. The zero-order valence-corrected chi connectivity index (χ0v) is 9.35. The van der Waals surface area contributed by atoms with E-state index in [-0.39, 0.29) is 19.7 Å². The summed E-state index contributed by atoms with van der Waals surface area (Å²) in [5.74, 6) is -1.07. The van der Waals surface area contributed by atoms with Crippen molar-refractivity contribution in [2.45, 2.75) is 19.4 Å².